The van der Waals surface area contributed by atoms with Crippen molar-refractivity contribution < 1.29 is 8.42 Å². The molecule has 0 amide bonds. The standard InChI is InChI=1S/C13H25BrO2S/c1-3-8-17(15,16)9-7-12-10-11(4-2)5-6-13(12)14/h11-13H,3-10H2,1-2H3. The van der Waals surface area contributed by atoms with E-state index in [1.165, 1.54) is 25.7 Å². The quantitative estimate of drug-likeness (QED) is 0.696. The third-order valence-electron chi connectivity index (χ3n) is 3.89. The highest BCUT2D eigenvalue weighted by Crippen LogP contribution is 2.37. The van der Waals surface area contributed by atoms with E-state index >= 15 is 0 Å². The van der Waals surface area contributed by atoms with Crippen molar-refractivity contribution in [2.45, 2.75) is 57.2 Å². The molecule has 1 rings (SSSR count). The predicted molar refractivity (Wildman–Crippen MR) is 77.4 cm³/mol. The van der Waals surface area contributed by atoms with Crippen LogP contribution in [-0.2, 0) is 9.84 Å². The van der Waals surface area contributed by atoms with E-state index in [9.17, 15) is 8.42 Å². The monoisotopic (exact) mass is 324 g/mol. The second kappa shape index (κ2) is 7.13. The van der Waals surface area contributed by atoms with Gasteiger partial charge in [-0.1, -0.05) is 36.2 Å². The highest BCUT2D eigenvalue weighted by molar-refractivity contribution is 9.09. The molecule has 1 aliphatic carbocycles. The zero-order valence-electron chi connectivity index (χ0n) is 11.0. The van der Waals surface area contributed by atoms with E-state index in [4.69, 9.17) is 0 Å². The third kappa shape index (κ3) is 5.29. The molecule has 102 valence electrons. The lowest BCUT2D eigenvalue weighted by Crippen LogP contribution is -2.27. The smallest absolute Gasteiger partial charge is 0.150 e. The molecule has 0 aromatic heterocycles. The fraction of sp³-hybridized carbons (Fsp3) is 1.00. The zero-order valence-corrected chi connectivity index (χ0v) is 13.4. The van der Waals surface area contributed by atoms with E-state index in [0.717, 1.165) is 18.8 Å². The van der Waals surface area contributed by atoms with Crippen LogP contribution in [0.1, 0.15) is 52.4 Å². The lowest BCUT2D eigenvalue weighted by Gasteiger charge is -2.32. The Kier molecular flexibility index (Phi) is 6.49. The van der Waals surface area contributed by atoms with Crippen LogP contribution in [0.15, 0.2) is 0 Å². The molecule has 0 N–H and O–H groups in total. The van der Waals surface area contributed by atoms with E-state index in [1.54, 1.807) is 0 Å². The van der Waals surface area contributed by atoms with Gasteiger partial charge in [0.15, 0.2) is 0 Å². The molecule has 0 saturated heterocycles. The molecule has 0 bridgehead atoms. The van der Waals surface area contributed by atoms with Crippen LogP contribution in [-0.4, -0.2) is 24.8 Å². The summed E-state index contributed by atoms with van der Waals surface area (Å²) in [6, 6.07) is 0. The van der Waals surface area contributed by atoms with Gasteiger partial charge in [0.2, 0.25) is 0 Å². The van der Waals surface area contributed by atoms with Crippen LogP contribution in [0.3, 0.4) is 0 Å². The lowest BCUT2D eigenvalue weighted by atomic mass is 9.79. The average molecular weight is 325 g/mol. The minimum atomic E-state index is -2.80. The molecule has 0 radical (unpaired) electrons. The Bertz CT molecular complexity index is 313. The fourth-order valence-corrected chi connectivity index (χ4v) is 4.97. The number of sulfone groups is 1. The topological polar surface area (TPSA) is 34.1 Å². The third-order valence-corrected chi connectivity index (χ3v) is 6.98. The summed E-state index contributed by atoms with van der Waals surface area (Å²) in [5.41, 5.74) is 0. The van der Waals surface area contributed by atoms with Gasteiger partial charge in [-0.25, -0.2) is 8.42 Å². The Labute approximate surface area is 115 Å². The molecule has 1 aliphatic rings. The van der Waals surface area contributed by atoms with Gasteiger partial charge in [0, 0.05) is 10.6 Å². The number of alkyl halides is 1. The van der Waals surface area contributed by atoms with Gasteiger partial charge >= 0.3 is 0 Å². The number of rotatable bonds is 6. The number of hydrogen-bond donors (Lipinski definition) is 0. The van der Waals surface area contributed by atoms with Crippen molar-refractivity contribution in [2.75, 3.05) is 11.5 Å². The zero-order chi connectivity index (χ0) is 12.9. The summed E-state index contributed by atoms with van der Waals surface area (Å²) in [6.45, 7) is 4.17. The summed E-state index contributed by atoms with van der Waals surface area (Å²) < 4.78 is 23.4. The van der Waals surface area contributed by atoms with Crippen molar-refractivity contribution in [3.63, 3.8) is 0 Å². The fourth-order valence-electron chi connectivity index (χ4n) is 2.74. The molecule has 0 aliphatic heterocycles. The Hall–Kier alpha value is 0.430. The van der Waals surface area contributed by atoms with Crippen molar-refractivity contribution in [3.8, 4) is 0 Å². The minimum absolute atomic E-state index is 0.351. The molecule has 2 nitrogen and oxygen atoms in total. The van der Waals surface area contributed by atoms with E-state index in [2.05, 4.69) is 22.9 Å². The first-order valence-electron chi connectivity index (χ1n) is 6.83. The molecule has 3 unspecified atom stereocenters. The lowest BCUT2D eigenvalue weighted by molar-refractivity contribution is 0.267. The average Bonchev–Trinajstić information content (AvgIpc) is 2.28. The van der Waals surface area contributed by atoms with Gasteiger partial charge in [-0.3, -0.25) is 0 Å². The van der Waals surface area contributed by atoms with Crippen LogP contribution in [0.4, 0.5) is 0 Å². The van der Waals surface area contributed by atoms with Gasteiger partial charge in [-0.05, 0) is 43.9 Å². The first-order valence-corrected chi connectivity index (χ1v) is 9.56. The Balaban J connectivity index is 2.44. The SMILES string of the molecule is CCCS(=O)(=O)CCC1CC(CC)CCC1Br. The maximum Gasteiger partial charge on any atom is 0.150 e. The summed E-state index contributed by atoms with van der Waals surface area (Å²) in [6.07, 6.45) is 6.52. The van der Waals surface area contributed by atoms with Crippen molar-refractivity contribution in [1.29, 1.82) is 0 Å². The van der Waals surface area contributed by atoms with E-state index in [-0.39, 0.29) is 0 Å². The molecule has 0 heterocycles. The second-order valence-electron chi connectivity index (χ2n) is 5.30. The van der Waals surface area contributed by atoms with Crippen molar-refractivity contribution in [2.24, 2.45) is 11.8 Å². The van der Waals surface area contributed by atoms with E-state index in [0.29, 0.717) is 22.3 Å². The van der Waals surface area contributed by atoms with Crippen LogP contribution in [0.5, 0.6) is 0 Å². The van der Waals surface area contributed by atoms with Crippen molar-refractivity contribution in [1.82, 2.24) is 0 Å². The maximum absolute atomic E-state index is 11.7. The van der Waals surface area contributed by atoms with Gasteiger partial charge in [0.25, 0.3) is 0 Å². The molecule has 3 atom stereocenters. The van der Waals surface area contributed by atoms with Gasteiger partial charge in [-0.15, -0.1) is 0 Å². The summed E-state index contributed by atoms with van der Waals surface area (Å²) in [7, 11) is -2.80. The molecule has 4 heteroatoms. The molecule has 0 aromatic carbocycles. The first-order chi connectivity index (χ1) is 7.98. The maximum atomic E-state index is 11.7. The van der Waals surface area contributed by atoms with Crippen LogP contribution >= 0.6 is 15.9 Å². The molecule has 0 spiro atoms. The molecule has 0 aromatic rings. The molecule has 1 saturated carbocycles. The number of hydrogen-bond acceptors (Lipinski definition) is 2. The normalized spacial score (nSPS) is 30.4. The molecule has 17 heavy (non-hydrogen) atoms. The number of halogens is 1. The Morgan fingerprint density at radius 1 is 1.18 bits per heavy atom. The van der Waals surface area contributed by atoms with Gasteiger partial charge in [-0.2, -0.15) is 0 Å². The molecular formula is C13H25BrO2S. The highest BCUT2D eigenvalue weighted by atomic mass is 79.9. The largest absolute Gasteiger partial charge is 0.229 e. The summed E-state index contributed by atoms with van der Waals surface area (Å²) in [5, 5.41) is 0. The van der Waals surface area contributed by atoms with Crippen molar-refractivity contribution >= 4 is 25.8 Å². The van der Waals surface area contributed by atoms with Crippen LogP contribution in [0.2, 0.25) is 0 Å². The summed E-state index contributed by atoms with van der Waals surface area (Å²) in [4.78, 5) is 0.530. The molecular weight excluding hydrogens is 300 g/mol. The van der Waals surface area contributed by atoms with Gasteiger partial charge in [0.05, 0.1) is 5.75 Å². The molecule has 1 fully saturated rings. The first kappa shape index (κ1) is 15.5. The van der Waals surface area contributed by atoms with Crippen molar-refractivity contribution in [3.05, 3.63) is 0 Å². The van der Waals surface area contributed by atoms with Crippen LogP contribution in [0.25, 0.3) is 0 Å². The van der Waals surface area contributed by atoms with Gasteiger partial charge < -0.3 is 0 Å². The van der Waals surface area contributed by atoms with E-state index in [1.807, 2.05) is 6.92 Å². The van der Waals surface area contributed by atoms with Gasteiger partial charge in [0.1, 0.15) is 9.84 Å². The second-order valence-corrected chi connectivity index (χ2v) is 8.78. The van der Waals surface area contributed by atoms with E-state index < -0.39 is 9.84 Å². The Morgan fingerprint density at radius 3 is 2.47 bits per heavy atom. The minimum Gasteiger partial charge on any atom is -0.229 e. The highest BCUT2D eigenvalue weighted by Gasteiger charge is 2.28. The van der Waals surface area contributed by atoms with Crippen LogP contribution in [0, 0.1) is 11.8 Å². The summed E-state index contributed by atoms with van der Waals surface area (Å²) in [5.74, 6) is 2.09. The van der Waals surface area contributed by atoms with Crippen LogP contribution < -0.4 is 0 Å². The predicted octanol–water partition coefficient (Wildman–Crippen LogP) is 3.79. The Morgan fingerprint density at radius 2 is 1.88 bits per heavy atom. The summed E-state index contributed by atoms with van der Waals surface area (Å²) >= 11 is 3.72.